The first kappa shape index (κ1) is 19.9. The Balaban J connectivity index is 1.67. The van der Waals surface area contributed by atoms with E-state index in [1.807, 2.05) is 0 Å². The SMILES string of the molecule is COc1ccccc1C1CC(C(F)(F)F)n2ncc(C(=O)NCc3ccco3)c2N1. The molecule has 0 saturated heterocycles. The van der Waals surface area contributed by atoms with Crippen LogP contribution in [0.5, 0.6) is 5.75 Å². The summed E-state index contributed by atoms with van der Waals surface area (Å²) in [6.07, 6.45) is -2.21. The van der Waals surface area contributed by atoms with E-state index in [0.717, 1.165) is 10.9 Å². The minimum Gasteiger partial charge on any atom is -0.496 e. The second kappa shape index (κ2) is 7.77. The first-order valence-corrected chi connectivity index (χ1v) is 9.22. The van der Waals surface area contributed by atoms with Crippen molar-refractivity contribution in [1.82, 2.24) is 15.1 Å². The van der Waals surface area contributed by atoms with E-state index in [0.29, 0.717) is 17.1 Å². The van der Waals surface area contributed by atoms with E-state index in [4.69, 9.17) is 9.15 Å². The number of nitrogens with zero attached hydrogens (tertiary/aromatic N) is 2. The van der Waals surface area contributed by atoms with E-state index in [9.17, 15) is 18.0 Å². The van der Waals surface area contributed by atoms with Crippen molar-refractivity contribution >= 4 is 11.7 Å². The molecule has 10 heteroatoms. The number of alkyl halides is 3. The van der Waals surface area contributed by atoms with Gasteiger partial charge in [-0.1, -0.05) is 18.2 Å². The van der Waals surface area contributed by atoms with Crippen LogP contribution in [0.15, 0.2) is 53.3 Å². The topological polar surface area (TPSA) is 81.3 Å². The van der Waals surface area contributed by atoms with Crippen molar-refractivity contribution in [3.05, 3.63) is 65.7 Å². The molecule has 4 rings (SSSR count). The molecule has 0 aliphatic carbocycles. The number of methoxy groups -OCH3 is 1. The molecule has 2 unspecified atom stereocenters. The molecule has 1 aliphatic heterocycles. The van der Waals surface area contributed by atoms with Crippen LogP contribution >= 0.6 is 0 Å². The number of halogens is 3. The number of nitrogens with one attached hydrogen (secondary N) is 2. The second-order valence-electron chi connectivity index (χ2n) is 6.85. The normalized spacial score (nSPS) is 18.4. The molecular formula is C20H19F3N4O3. The summed E-state index contributed by atoms with van der Waals surface area (Å²) in [5.74, 6) is 0.447. The highest BCUT2D eigenvalue weighted by atomic mass is 19.4. The molecular weight excluding hydrogens is 401 g/mol. The third-order valence-corrected chi connectivity index (χ3v) is 5.00. The molecule has 0 bridgehead atoms. The van der Waals surface area contributed by atoms with Crippen LogP contribution in [0.4, 0.5) is 19.0 Å². The molecule has 2 N–H and O–H groups in total. The van der Waals surface area contributed by atoms with Gasteiger partial charge in [-0.2, -0.15) is 18.3 Å². The number of rotatable bonds is 5. The van der Waals surface area contributed by atoms with Crippen LogP contribution in [-0.2, 0) is 6.54 Å². The maximum Gasteiger partial charge on any atom is 0.410 e. The summed E-state index contributed by atoms with van der Waals surface area (Å²) in [5, 5.41) is 9.55. The first-order chi connectivity index (χ1) is 14.4. The van der Waals surface area contributed by atoms with Crippen LogP contribution in [0.25, 0.3) is 0 Å². The fourth-order valence-electron chi connectivity index (χ4n) is 3.56. The van der Waals surface area contributed by atoms with E-state index in [-0.39, 0.29) is 24.3 Å². The van der Waals surface area contributed by atoms with Crippen LogP contribution in [0.2, 0.25) is 0 Å². The summed E-state index contributed by atoms with van der Waals surface area (Å²) in [6, 6.07) is 7.62. The first-order valence-electron chi connectivity index (χ1n) is 9.22. The zero-order valence-corrected chi connectivity index (χ0v) is 15.9. The van der Waals surface area contributed by atoms with Crippen molar-refractivity contribution < 1.29 is 27.1 Å². The zero-order chi connectivity index (χ0) is 21.3. The highest BCUT2D eigenvalue weighted by molar-refractivity contribution is 5.98. The molecule has 0 saturated carbocycles. The number of para-hydroxylation sites is 1. The number of benzene rings is 1. The molecule has 3 aromatic rings. The average molecular weight is 420 g/mol. The van der Waals surface area contributed by atoms with Gasteiger partial charge in [0.05, 0.1) is 32.2 Å². The highest BCUT2D eigenvalue weighted by Crippen LogP contribution is 2.45. The molecule has 0 spiro atoms. The summed E-state index contributed by atoms with van der Waals surface area (Å²) in [6.45, 7) is 0.106. The third kappa shape index (κ3) is 3.72. The monoisotopic (exact) mass is 420 g/mol. The van der Waals surface area contributed by atoms with E-state index in [2.05, 4.69) is 15.7 Å². The molecule has 0 radical (unpaired) electrons. The summed E-state index contributed by atoms with van der Waals surface area (Å²) in [7, 11) is 1.46. The maximum absolute atomic E-state index is 13.8. The van der Waals surface area contributed by atoms with Crippen LogP contribution in [-0.4, -0.2) is 29.0 Å². The Bertz CT molecular complexity index is 1030. The van der Waals surface area contributed by atoms with Gasteiger partial charge in [0.1, 0.15) is 22.9 Å². The second-order valence-corrected chi connectivity index (χ2v) is 6.85. The van der Waals surface area contributed by atoms with Gasteiger partial charge in [0, 0.05) is 12.0 Å². The lowest BCUT2D eigenvalue weighted by Crippen LogP contribution is -2.36. The number of aromatic nitrogens is 2. The van der Waals surface area contributed by atoms with Gasteiger partial charge >= 0.3 is 6.18 Å². The number of ether oxygens (including phenoxy) is 1. The highest BCUT2D eigenvalue weighted by Gasteiger charge is 2.47. The van der Waals surface area contributed by atoms with Crippen LogP contribution in [0.3, 0.4) is 0 Å². The molecule has 1 aliphatic rings. The Kier molecular flexibility index (Phi) is 5.15. The molecule has 3 heterocycles. The van der Waals surface area contributed by atoms with Gasteiger partial charge in [-0.3, -0.25) is 4.79 Å². The summed E-state index contributed by atoms with van der Waals surface area (Å²) >= 11 is 0. The lowest BCUT2D eigenvalue weighted by Gasteiger charge is -2.34. The lowest BCUT2D eigenvalue weighted by molar-refractivity contribution is -0.173. The number of carbonyl (C=O) groups excluding carboxylic acids is 1. The number of furan rings is 1. The number of fused-ring (bicyclic) bond motifs is 1. The van der Waals surface area contributed by atoms with E-state index in [1.165, 1.54) is 13.4 Å². The largest absolute Gasteiger partial charge is 0.496 e. The summed E-state index contributed by atoms with van der Waals surface area (Å²) in [4.78, 5) is 12.6. The Hall–Kier alpha value is -3.43. The van der Waals surface area contributed by atoms with Crippen molar-refractivity contribution in [2.75, 3.05) is 12.4 Å². The maximum atomic E-state index is 13.8. The van der Waals surface area contributed by atoms with Crippen molar-refractivity contribution in [1.29, 1.82) is 0 Å². The van der Waals surface area contributed by atoms with Crippen molar-refractivity contribution in [3.63, 3.8) is 0 Å². The van der Waals surface area contributed by atoms with Gasteiger partial charge in [-0.15, -0.1) is 0 Å². The Morgan fingerprint density at radius 2 is 2.13 bits per heavy atom. The summed E-state index contributed by atoms with van der Waals surface area (Å²) < 4.78 is 52.7. The zero-order valence-electron chi connectivity index (χ0n) is 15.9. The average Bonchev–Trinajstić information content (AvgIpc) is 3.40. The number of anilines is 1. The number of amides is 1. The quantitative estimate of drug-likeness (QED) is 0.650. The van der Waals surface area contributed by atoms with Gasteiger partial charge in [-0.05, 0) is 18.2 Å². The fourth-order valence-corrected chi connectivity index (χ4v) is 3.56. The van der Waals surface area contributed by atoms with E-state index >= 15 is 0 Å². The van der Waals surface area contributed by atoms with Gasteiger partial charge in [0.2, 0.25) is 0 Å². The van der Waals surface area contributed by atoms with Crippen LogP contribution in [0.1, 0.15) is 40.2 Å². The minimum atomic E-state index is -4.54. The van der Waals surface area contributed by atoms with Gasteiger partial charge in [0.15, 0.2) is 6.04 Å². The van der Waals surface area contributed by atoms with Crippen LogP contribution < -0.4 is 15.4 Å². The molecule has 0 fully saturated rings. The standard InChI is InChI=1S/C20H19F3N4O3/c1-29-16-7-3-2-6-13(16)15-9-17(20(21,22)23)27-18(26-15)14(11-25-27)19(28)24-10-12-5-4-8-30-12/h2-8,11,15,17,26H,9-10H2,1H3,(H,24,28). The minimum absolute atomic E-state index is 0.0106. The number of hydrogen-bond acceptors (Lipinski definition) is 5. The van der Waals surface area contributed by atoms with Gasteiger partial charge in [0.25, 0.3) is 5.91 Å². The molecule has 2 aromatic heterocycles. The Morgan fingerprint density at radius 3 is 2.83 bits per heavy atom. The fraction of sp³-hybridized carbons (Fsp3) is 0.300. The smallest absolute Gasteiger partial charge is 0.410 e. The molecule has 1 amide bonds. The molecule has 7 nitrogen and oxygen atoms in total. The number of hydrogen-bond donors (Lipinski definition) is 2. The molecule has 2 atom stereocenters. The van der Waals surface area contributed by atoms with E-state index in [1.54, 1.807) is 36.4 Å². The predicted molar refractivity (Wildman–Crippen MR) is 101 cm³/mol. The molecule has 1 aromatic carbocycles. The number of carbonyl (C=O) groups is 1. The van der Waals surface area contributed by atoms with Crippen molar-refractivity contribution in [3.8, 4) is 5.75 Å². The van der Waals surface area contributed by atoms with E-state index < -0.39 is 24.2 Å². The Morgan fingerprint density at radius 1 is 1.33 bits per heavy atom. The van der Waals surface area contributed by atoms with Crippen LogP contribution in [0, 0.1) is 0 Å². The third-order valence-electron chi connectivity index (χ3n) is 5.00. The Labute approximate surface area is 169 Å². The lowest BCUT2D eigenvalue weighted by atomic mass is 9.95. The van der Waals surface area contributed by atoms with Crippen molar-refractivity contribution in [2.24, 2.45) is 0 Å². The molecule has 30 heavy (non-hydrogen) atoms. The van der Waals surface area contributed by atoms with Gasteiger partial charge < -0.3 is 19.8 Å². The predicted octanol–water partition coefficient (Wildman–Crippen LogP) is 4.08. The van der Waals surface area contributed by atoms with Gasteiger partial charge in [-0.25, -0.2) is 4.68 Å². The molecule has 158 valence electrons. The van der Waals surface area contributed by atoms with Crippen molar-refractivity contribution in [2.45, 2.75) is 31.2 Å². The summed E-state index contributed by atoms with van der Waals surface area (Å²) in [5.41, 5.74) is 0.596.